The van der Waals surface area contributed by atoms with Crippen molar-refractivity contribution >= 4 is 15.9 Å². The van der Waals surface area contributed by atoms with Gasteiger partial charge in [-0.25, -0.2) is 0 Å². The number of nitriles is 1. The third-order valence-corrected chi connectivity index (χ3v) is 2.32. The van der Waals surface area contributed by atoms with Crippen molar-refractivity contribution in [2.24, 2.45) is 0 Å². The Labute approximate surface area is 97.7 Å². The van der Waals surface area contributed by atoms with E-state index in [9.17, 15) is 0 Å². The van der Waals surface area contributed by atoms with Gasteiger partial charge in [0.2, 0.25) is 0 Å². The molecule has 0 amide bonds. The fourth-order valence-corrected chi connectivity index (χ4v) is 1.50. The Morgan fingerprint density at radius 3 is 2.80 bits per heavy atom. The third-order valence-electron chi connectivity index (χ3n) is 1.70. The second kappa shape index (κ2) is 5.62. The van der Waals surface area contributed by atoms with E-state index in [1.165, 1.54) is 0 Å². The summed E-state index contributed by atoms with van der Waals surface area (Å²) in [6.45, 7) is 4.25. The first-order valence-corrected chi connectivity index (χ1v) is 5.45. The van der Waals surface area contributed by atoms with Crippen molar-refractivity contribution in [2.45, 2.75) is 20.0 Å². The van der Waals surface area contributed by atoms with E-state index in [-0.39, 0.29) is 0 Å². The molecule has 0 spiro atoms. The van der Waals surface area contributed by atoms with Gasteiger partial charge in [-0.2, -0.15) is 5.26 Å². The van der Waals surface area contributed by atoms with E-state index in [4.69, 9.17) is 14.7 Å². The molecule has 1 unspecified atom stereocenters. The third kappa shape index (κ3) is 3.45. The molecule has 0 saturated heterocycles. The molecule has 0 fully saturated rings. The van der Waals surface area contributed by atoms with Crippen molar-refractivity contribution in [3.05, 3.63) is 22.7 Å². The Morgan fingerprint density at radius 1 is 1.53 bits per heavy atom. The van der Waals surface area contributed by atoms with Crippen LogP contribution in [-0.2, 0) is 0 Å². The highest BCUT2D eigenvalue weighted by Crippen LogP contribution is 2.29. The lowest BCUT2D eigenvalue weighted by atomic mass is 10.3. The van der Waals surface area contributed by atoms with Gasteiger partial charge in [0.15, 0.2) is 6.10 Å². The van der Waals surface area contributed by atoms with Crippen LogP contribution in [0.5, 0.6) is 11.5 Å². The first-order chi connectivity index (χ1) is 7.17. The van der Waals surface area contributed by atoms with Crippen LogP contribution in [0.4, 0.5) is 0 Å². The Bertz CT molecular complexity index is 373. The van der Waals surface area contributed by atoms with E-state index in [1.54, 1.807) is 13.0 Å². The van der Waals surface area contributed by atoms with Gasteiger partial charge in [0.05, 0.1) is 11.1 Å². The molecular weight excluding hydrogens is 258 g/mol. The van der Waals surface area contributed by atoms with Crippen LogP contribution in [0, 0.1) is 11.3 Å². The minimum atomic E-state index is -0.459. The van der Waals surface area contributed by atoms with Gasteiger partial charge in [0.1, 0.15) is 17.6 Å². The van der Waals surface area contributed by atoms with Crippen LogP contribution in [0.2, 0.25) is 0 Å². The first-order valence-electron chi connectivity index (χ1n) is 4.66. The van der Waals surface area contributed by atoms with Crippen LogP contribution < -0.4 is 9.47 Å². The lowest BCUT2D eigenvalue weighted by Crippen LogP contribution is -2.08. The van der Waals surface area contributed by atoms with E-state index in [0.29, 0.717) is 12.4 Å². The Kier molecular flexibility index (Phi) is 4.44. The summed E-state index contributed by atoms with van der Waals surface area (Å²) in [6, 6.07) is 7.42. The molecular formula is C11H12BrNO2. The fraction of sp³-hybridized carbons (Fsp3) is 0.364. The SMILES string of the molecule is CCOc1ccc(OC(C)C#N)c(Br)c1. The second-order valence-corrected chi connectivity index (χ2v) is 3.77. The molecule has 0 aromatic heterocycles. The molecule has 0 aliphatic carbocycles. The average molecular weight is 270 g/mol. The molecule has 0 aliphatic heterocycles. The zero-order valence-corrected chi connectivity index (χ0v) is 10.2. The smallest absolute Gasteiger partial charge is 0.181 e. The van der Waals surface area contributed by atoms with Gasteiger partial charge < -0.3 is 9.47 Å². The topological polar surface area (TPSA) is 42.2 Å². The number of hydrogen-bond acceptors (Lipinski definition) is 3. The van der Waals surface area contributed by atoms with Crippen LogP contribution in [-0.4, -0.2) is 12.7 Å². The predicted molar refractivity (Wildman–Crippen MR) is 61.0 cm³/mol. The van der Waals surface area contributed by atoms with Crippen LogP contribution in [0.25, 0.3) is 0 Å². The summed E-state index contributed by atoms with van der Waals surface area (Å²) in [5, 5.41) is 8.61. The highest BCUT2D eigenvalue weighted by Gasteiger charge is 2.06. The quantitative estimate of drug-likeness (QED) is 0.844. The number of ether oxygens (including phenoxy) is 2. The van der Waals surface area contributed by atoms with Gasteiger partial charge in [-0.15, -0.1) is 0 Å². The fourth-order valence-electron chi connectivity index (χ4n) is 1.05. The molecule has 80 valence electrons. The van der Waals surface area contributed by atoms with Crippen LogP contribution in [0.3, 0.4) is 0 Å². The molecule has 4 heteroatoms. The second-order valence-electron chi connectivity index (χ2n) is 2.91. The molecule has 0 heterocycles. The number of nitrogens with zero attached hydrogens (tertiary/aromatic N) is 1. The molecule has 15 heavy (non-hydrogen) atoms. The zero-order chi connectivity index (χ0) is 11.3. The number of rotatable bonds is 4. The minimum absolute atomic E-state index is 0.459. The number of halogens is 1. The summed E-state index contributed by atoms with van der Waals surface area (Å²) in [5.74, 6) is 1.42. The summed E-state index contributed by atoms with van der Waals surface area (Å²) < 4.78 is 11.5. The highest BCUT2D eigenvalue weighted by molar-refractivity contribution is 9.10. The maximum Gasteiger partial charge on any atom is 0.181 e. The minimum Gasteiger partial charge on any atom is -0.494 e. The van der Waals surface area contributed by atoms with E-state index < -0.39 is 6.10 Å². The van der Waals surface area contributed by atoms with Crippen molar-refractivity contribution in [2.75, 3.05) is 6.61 Å². The standard InChI is InChI=1S/C11H12BrNO2/c1-3-14-9-4-5-11(10(12)6-9)15-8(2)7-13/h4-6,8H,3H2,1-2H3. The van der Waals surface area contributed by atoms with Crippen LogP contribution in [0.15, 0.2) is 22.7 Å². The maximum atomic E-state index is 8.61. The van der Waals surface area contributed by atoms with Gasteiger partial charge in [0.25, 0.3) is 0 Å². The summed E-state index contributed by atoms with van der Waals surface area (Å²) in [7, 11) is 0. The van der Waals surface area contributed by atoms with Gasteiger partial charge >= 0.3 is 0 Å². The van der Waals surface area contributed by atoms with Gasteiger partial charge in [0, 0.05) is 0 Å². The van der Waals surface area contributed by atoms with Gasteiger partial charge in [-0.05, 0) is 48.0 Å². The first kappa shape index (κ1) is 11.9. The summed E-state index contributed by atoms with van der Waals surface area (Å²) in [4.78, 5) is 0. The largest absolute Gasteiger partial charge is 0.494 e. The van der Waals surface area contributed by atoms with Gasteiger partial charge in [-0.1, -0.05) is 0 Å². The number of benzene rings is 1. The van der Waals surface area contributed by atoms with Crippen molar-refractivity contribution in [1.82, 2.24) is 0 Å². The van der Waals surface area contributed by atoms with Crippen LogP contribution >= 0.6 is 15.9 Å². The lowest BCUT2D eigenvalue weighted by molar-refractivity contribution is 0.273. The van der Waals surface area contributed by atoms with Crippen LogP contribution in [0.1, 0.15) is 13.8 Å². The van der Waals surface area contributed by atoms with Crippen molar-refractivity contribution in [1.29, 1.82) is 5.26 Å². The summed E-state index contributed by atoms with van der Waals surface area (Å²) in [5.41, 5.74) is 0. The molecule has 1 rings (SSSR count). The Hall–Kier alpha value is -1.21. The molecule has 0 N–H and O–H groups in total. The maximum absolute atomic E-state index is 8.61. The Balaban J connectivity index is 2.80. The summed E-state index contributed by atoms with van der Waals surface area (Å²) in [6.07, 6.45) is -0.459. The highest BCUT2D eigenvalue weighted by atomic mass is 79.9. The summed E-state index contributed by atoms with van der Waals surface area (Å²) >= 11 is 3.36. The normalized spacial score (nSPS) is 11.6. The van der Waals surface area contributed by atoms with Crippen molar-refractivity contribution in [3.8, 4) is 17.6 Å². The van der Waals surface area contributed by atoms with Crippen molar-refractivity contribution in [3.63, 3.8) is 0 Å². The average Bonchev–Trinajstić information content (AvgIpc) is 2.22. The monoisotopic (exact) mass is 269 g/mol. The lowest BCUT2D eigenvalue weighted by Gasteiger charge is -2.10. The van der Waals surface area contributed by atoms with E-state index in [2.05, 4.69) is 15.9 Å². The molecule has 0 saturated carbocycles. The molecule has 0 bridgehead atoms. The zero-order valence-electron chi connectivity index (χ0n) is 8.66. The Morgan fingerprint density at radius 2 is 2.27 bits per heavy atom. The molecule has 3 nitrogen and oxygen atoms in total. The number of hydrogen-bond donors (Lipinski definition) is 0. The molecule has 1 atom stereocenters. The van der Waals surface area contributed by atoms with E-state index in [1.807, 2.05) is 25.1 Å². The van der Waals surface area contributed by atoms with Crippen molar-refractivity contribution < 1.29 is 9.47 Å². The van der Waals surface area contributed by atoms with E-state index in [0.717, 1.165) is 10.2 Å². The molecule has 0 radical (unpaired) electrons. The predicted octanol–water partition coefficient (Wildman–Crippen LogP) is 3.14. The molecule has 1 aromatic carbocycles. The molecule has 1 aromatic rings. The van der Waals surface area contributed by atoms with E-state index >= 15 is 0 Å². The van der Waals surface area contributed by atoms with Gasteiger partial charge in [-0.3, -0.25) is 0 Å². The molecule has 0 aliphatic rings.